The van der Waals surface area contributed by atoms with Gasteiger partial charge in [0.1, 0.15) is 5.75 Å². The van der Waals surface area contributed by atoms with E-state index in [1.807, 2.05) is 6.07 Å². The number of hydrogen-bond donors (Lipinski definition) is 1. The molecule has 1 aromatic carbocycles. The van der Waals surface area contributed by atoms with Crippen LogP contribution in [0.4, 0.5) is 0 Å². The second kappa shape index (κ2) is 3.80. The summed E-state index contributed by atoms with van der Waals surface area (Å²) in [7, 11) is 0. The van der Waals surface area contributed by atoms with E-state index in [0.29, 0.717) is 5.75 Å². The largest absolute Gasteiger partial charge is 0.426 e. The maximum absolute atomic E-state index is 12.4. The quantitative estimate of drug-likeness (QED) is 0.600. The molecule has 2 heterocycles. The van der Waals surface area contributed by atoms with E-state index in [9.17, 15) is 9.59 Å². The van der Waals surface area contributed by atoms with Crippen LogP contribution in [-0.4, -0.2) is 11.0 Å². The zero-order valence-corrected chi connectivity index (χ0v) is 13.2. The lowest BCUT2D eigenvalue weighted by molar-refractivity contribution is -0.181. The highest BCUT2D eigenvalue weighted by Gasteiger charge is 2.67. The Kier molecular flexibility index (Phi) is 2.34. The average molecular weight is 297 g/mol. The van der Waals surface area contributed by atoms with E-state index in [0.717, 1.165) is 16.5 Å². The summed E-state index contributed by atoms with van der Waals surface area (Å²) in [6, 6.07) is 6.97. The Hall–Kier alpha value is -2.10. The number of rotatable bonds is 0. The van der Waals surface area contributed by atoms with Gasteiger partial charge in [-0.15, -0.1) is 0 Å². The van der Waals surface area contributed by atoms with Crippen molar-refractivity contribution in [1.82, 2.24) is 4.98 Å². The molecular weight excluding hydrogens is 278 g/mol. The van der Waals surface area contributed by atoms with Crippen molar-refractivity contribution in [3.05, 3.63) is 40.2 Å². The van der Waals surface area contributed by atoms with Crippen LogP contribution in [0.1, 0.15) is 39.2 Å². The van der Waals surface area contributed by atoms with Crippen LogP contribution in [0.25, 0.3) is 10.9 Å². The van der Waals surface area contributed by atoms with Crippen molar-refractivity contribution >= 4 is 16.9 Å². The Labute approximate surface area is 128 Å². The fraction of sp³-hybridized carbons (Fsp3) is 0.444. The smallest absolute Gasteiger partial charge is 0.315 e. The Morgan fingerprint density at radius 2 is 1.64 bits per heavy atom. The number of H-pyrrole nitrogens is 1. The summed E-state index contributed by atoms with van der Waals surface area (Å²) in [6.07, 6.45) is 0. The molecule has 4 nitrogen and oxygen atoms in total. The molecule has 1 N–H and O–H groups in total. The summed E-state index contributed by atoms with van der Waals surface area (Å²) in [5.74, 6) is 0.487. The van der Waals surface area contributed by atoms with Crippen molar-refractivity contribution in [2.45, 2.75) is 33.6 Å². The molecule has 4 heteroatoms. The number of carbonyl (C=O) groups excluding carboxylic acids is 1. The molecule has 0 saturated heterocycles. The minimum Gasteiger partial charge on any atom is -0.426 e. The van der Waals surface area contributed by atoms with E-state index in [-0.39, 0.29) is 34.2 Å². The first kappa shape index (κ1) is 13.6. The molecule has 1 aromatic heterocycles. The molecule has 1 aliphatic carbocycles. The molecule has 2 unspecified atom stereocenters. The molecular formula is C18H19NO3. The van der Waals surface area contributed by atoms with Gasteiger partial charge >= 0.3 is 5.97 Å². The van der Waals surface area contributed by atoms with Crippen molar-refractivity contribution in [2.75, 3.05) is 0 Å². The Bertz CT molecular complexity index is 876. The third kappa shape index (κ3) is 1.38. The van der Waals surface area contributed by atoms with Gasteiger partial charge in [-0.3, -0.25) is 9.59 Å². The molecule has 1 saturated carbocycles. The predicted molar refractivity (Wildman–Crippen MR) is 84.0 cm³/mol. The first-order valence-corrected chi connectivity index (χ1v) is 7.63. The lowest BCUT2D eigenvalue weighted by Crippen LogP contribution is -2.63. The van der Waals surface area contributed by atoms with E-state index in [1.54, 1.807) is 12.1 Å². The Morgan fingerprint density at radius 3 is 2.36 bits per heavy atom. The predicted octanol–water partition coefficient (Wildman–Crippen LogP) is 3.21. The summed E-state index contributed by atoms with van der Waals surface area (Å²) in [5.41, 5.74) is 1.60. The van der Waals surface area contributed by atoms with E-state index in [2.05, 4.69) is 32.7 Å². The highest BCUT2D eigenvalue weighted by Crippen LogP contribution is 2.71. The summed E-state index contributed by atoms with van der Waals surface area (Å²) in [6.45, 7) is 8.68. The number of hydrogen-bond acceptors (Lipinski definition) is 3. The van der Waals surface area contributed by atoms with Crippen LogP contribution in [0.3, 0.4) is 0 Å². The standard InChI is InChI=1S/C18H19NO3/c1-17(2)14-13-9-5-8-12(20)19-10(9)6-7-11(13)22-16(21)15(14)18(17,3)4/h5-8,14-15H,1-4H3,(H,19,20). The van der Waals surface area contributed by atoms with Crippen LogP contribution >= 0.6 is 0 Å². The molecule has 0 amide bonds. The monoisotopic (exact) mass is 297 g/mol. The maximum Gasteiger partial charge on any atom is 0.315 e. The van der Waals surface area contributed by atoms with E-state index >= 15 is 0 Å². The van der Waals surface area contributed by atoms with Crippen LogP contribution in [0.5, 0.6) is 5.75 Å². The maximum atomic E-state index is 12.4. The molecule has 2 atom stereocenters. The first-order valence-electron chi connectivity index (χ1n) is 7.63. The highest BCUT2D eigenvalue weighted by atomic mass is 16.5. The minimum atomic E-state index is -0.134. The number of pyridine rings is 1. The van der Waals surface area contributed by atoms with Crippen molar-refractivity contribution in [1.29, 1.82) is 0 Å². The Morgan fingerprint density at radius 1 is 0.955 bits per heavy atom. The third-order valence-electron chi connectivity index (χ3n) is 6.23. The van der Waals surface area contributed by atoms with Gasteiger partial charge in [-0.1, -0.05) is 27.7 Å². The van der Waals surface area contributed by atoms with Gasteiger partial charge < -0.3 is 9.72 Å². The summed E-state index contributed by atoms with van der Waals surface area (Å²) in [5, 5.41) is 0.975. The molecule has 1 fully saturated rings. The lowest BCUT2D eigenvalue weighted by Gasteiger charge is -2.65. The lowest BCUT2D eigenvalue weighted by atomic mass is 9.38. The van der Waals surface area contributed by atoms with Crippen molar-refractivity contribution in [2.24, 2.45) is 16.7 Å². The number of nitrogens with one attached hydrogen (secondary N) is 1. The van der Waals surface area contributed by atoms with Gasteiger partial charge in [0.25, 0.3) is 0 Å². The van der Waals surface area contributed by atoms with Crippen molar-refractivity contribution in [3.8, 4) is 5.75 Å². The zero-order chi connectivity index (χ0) is 15.9. The number of carbonyl (C=O) groups is 1. The van der Waals surface area contributed by atoms with Gasteiger partial charge in [-0.05, 0) is 29.0 Å². The normalized spacial score (nSPS) is 27.5. The zero-order valence-electron chi connectivity index (χ0n) is 13.2. The molecule has 1 aliphatic heterocycles. The van der Waals surface area contributed by atoms with E-state index in [1.165, 1.54) is 6.07 Å². The summed E-state index contributed by atoms with van der Waals surface area (Å²) in [4.78, 5) is 26.8. The van der Waals surface area contributed by atoms with E-state index in [4.69, 9.17) is 4.74 Å². The fourth-order valence-corrected chi connectivity index (χ4v) is 4.32. The number of esters is 1. The van der Waals surface area contributed by atoms with Crippen molar-refractivity contribution in [3.63, 3.8) is 0 Å². The molecule has 4 rings (SSSR count). The molecule has 2 aromatic rings. The van der Waals surface area contributed by atoms with Crippen LogP contribution in [0.15, 0.2) is 29.1 Å². The first-order chi connectivity index (χ1) is 10.2. The topological polar surface area (TPSA) is 59.2 Å². The van der Waals surface area contributed by atoms with Crippen LogP contribution in [-0.2, 0) is 4.79 Å². The summed E-state index contributed by atoms with van der Waals surface area (Å²) >= 11 is 0. The molecule has 22 heavy (non-hydrogen) atoms. The van der Waals surface area contributed by atoms with Crippen LogP contribution in [0.2, 0.25) is 0 Å². The van der Waals surface area contributed by atoms with Gasteiger partial charge in [0.05, 0.1) is 5.92 Å². The van der Waals surface area contributed by atoms with Gasteiger partial charge in [-0.2, -0.15) is 0 Å². The molecule has 0 radical (unpaired) electrons. The van der Waals surface area contributed by atoms with Crippen molar-refractivity contribution < 1.29 is 9.53 Å². The summed E-state index contributed by atoms with van der Waals surface area (Å²) < 4.78 is 5.60. The van der Waals surface area contributed by atoms with Crippen LogP contribution < -0.4 is 10.3 Å². The highest BCUT2D eigenvalue weighted by molar-refractivity contribution is 5.91. The van der Waals surface area contributed by atoms with Gasteiger partial charge in [0.2, 0.25) is 5.56 Å². The second-order valence-electron chi connectivity index (χ2n) is 7.58. The number of aromatic nitrogens is 1. The molecule has 0 bridgehead atoms. The number of benzene rings is 1. The number of aromatic amines is 1. The average Bonchev–Trinajstić information content (AvgIpc) is 2.44. The number of fused-ring (bicyclic) bond motifs is 5. The minimum absolute atomic E-state index is 0.0176. The Balaban J connectivity index is 2.04. The second-order valence-corrected chi connectivity index (χ2v) is 7.58. The fourth-order valence-electron chi connectivity index (χ4n) is 4.32. The van der Waals surface area contributed by atoms with Crippen LogP contribution in [0, 0.1) is 16.7 Å². The SMILES string of the molecule is CC1(C)C2C(=O)Oc3ccc4[nH]c(=O)ccc4c3C2C1(C)C. The molecule has 114 valence electrons. The molecule has 2 aliphatic rings. The van der Waals surface area contributed by atoms with Gasteiger partial charge in [-0.25, -0.2) is 0 Å². The van der Waals surface area contributed by atoms with E-state index < -0.39 is 0 Å². The third-order valence-corrected chi connectivity index (χ3v) is 6.23. The number of ether oxygens (including phenoxy) is 1. The van der Waals surface area contributed by atoms with Gasteiger partial charge in [0.15, 0.2) is 0 Å². The molecule has 0 spiro atoms. The van der Waals surface area contributed by atoms with Gasteiger partial charge in [0, 0.05) is 28.5 Å².